The van der Waals surface area contributed by atoms with E-state index in [1.54, 1.807) is 4.90 Å². The maximum absolute atomic E-state index is 12.7. The minimum atomic E-state index is -0.0184. The Morgan fingerprint density at radius 2 is 2.08 bits per heavy atom. The number of aliphatic hydroxyl groups is 1. The standard InChI is InChI=1S/C20H27N3O2/c1-15-6-2-3-7-16(15)14-23(12-13-24)20(25)11-10-19-17-8-4-5-9-18(17)21-22-19/h2-3,6-7,24H,4-5,8-14H2,1H3,(H,21,22). The van der Waals surface area contributed by atoms with Gasteiger partial charge in [0.05, 0.1) is 12.3 Å². The summed E-state index contributed by atoms with van der Waals surface area (Å²) in [5, 5.41) is 16.9. The second-order valence-corrected chi connectivity index (χ2v) is 6.80. The summed E-state index contributed by atoms with van der Waals surface area (Å²) in [6, 6.07) is 8.07. The number of hydrogen-bond acceptors (Lipinski definition) is 3. The van der Waals surface area contributed by atoms with Gasteiger partial charge in [0.25, 0.3) is 0 Å². The molecule has 0 spiro atoms. The highest BCUT2D eigenvalue weighted by atomic mass is 16.3. The van der Waals surface area contributed by atoms with E-state index in [0.717, 1.165) is 24.1 Å². The lowest BCUT2D eigenvalue weighted by Crippen LogP contribution is -2.33. The van der Waals surface area contributed by atoms with Crippen LogP contribution >= 0.6 is 0 Å². The molecular weight excluding hydrogens is 314 g/mol. The Morgan fingerprint density at radius 1 is 1.28 bits per heavy atom. The molecule has 1 aromatic heterocycles. The van der Waals surface area contributed by atoms with Crippen LogP contribution in [0.4, 0.5) is 0 Å². The van der Waals surface area contributed by atoms with Gasteiger partial charge in [-0.15, -0.1) is 0 Å². The predicted molar refractivity (Wildman–Crippen MR) is 97.2 cm³/mol. The van der Waals surface area contributed by atoms with Gasteiger partial charge in [0.2, 0.25) is 5.91 Å². The summed E-state index contributed by atoms with van der Waals surface area (Å²) in [5.41, 5.74) is 5.91. The number of H-pyrrole nitrogens is 1. The minimum Gasteiger partial charge on any atom is -0.395 e. The van der Waals surface area contributed by atoms with E-state index >= 15 is 0 Å². The average Bonchev–Trinajstić information content (AvgIpc) is 3.04. The van der Waals surface area contributed by atoms with Crippen molar-refractivity contribution in [2.24, 2.45) is 0 Å². The van der Waals surface area contributed by atoms with E-state index < -0.39 is 0 Å². The quantitative estimate of drug-likeness (QED) is 0.813. The Labute approximate surface area is 149 Å². The van der Waals surface area contributed by atoms with Gasteiger partial charge in [-0.3, -0.25) is 9.89 Å². The van der Waals surface area contributed by atoms with E-state index in [2.05, 4.69) is 10.2 Å². The van der Waals surface area contributed by atoms with E-state index in [0.29, 0.717) is 25.9 Å². The van der Waals surface area contributed by atoms with Gasteiger partial charge in [0, 0.05) is 31.6 Å². The van der Waals surface area contributed by atoms with E-state index in [4.69, 9.17) is 0 Å². The van der Waals surface area contributed by atoms with Gasteiger partial charge in [-0.25, -0.2) is 0 Å². The monoisotopic (exact) mass is 341 g/mol. The molecule has 2 aromatic rings. The minimum absolute atomic E-state index is 0.0184. The van der Waals surface area contributed by atoms with Gasteiger partial charge in [0.1, 0.15) is 0 Å². The van der Waals surface area contributed by atoms with Crippen molar-refractivity contribution in [3.63, 3.8) is 0 Å². The summed E-state index contributed by atoms with van der Waals surface area (Å²) in [6.45, 7) is 2.94. The van der Waals surface area contributed by atoms with Crippen molar-refractivity contribution in [3.05, 3.63) is 52.3 Å². The van der Waals surface area contributed by atoms with Gasteiger partial charge in [-0.05, 0) is 49.3 Å². The molecule has 0 atom stereocenters. The van der Waals surface area contributed by atoms with E-state index in [1.165, 1.54) is 29.7 Å². The lowest BCUT2D eigenvalue weighted by atomic mass is 9.94. The molecule has 0 fully saturated rings. The highest BCUT2D eigenvalue weighted by molar-refractivity contribution is 5.76. The Morgan fingerprint density at radius 3 is 2.88 bits per heavy atom. The Hall–Kier alpha value is -2.14. The first-order chi connectivity index (χ1) is 12.2. The molecule has 134 valence electrons. The van der Waals surface area contributed by atoms with Gasteiger partial charge in [0.15, 0.2) is 0 Å². The summed E-state index contributed by atoms with van der Waals surface area (Å²) in [7, 11) is 0. The third-order valence-electron chi connectivity index (χ3n) is 5.06. The number of carbonyl (C=O) groups is 1. The number of nitrogens with one attached hydrogen (secondary N) is 1. The fraction of sp³-hybridized carbons (Fsp3) is 0.500. The summed E-state index contributed by atoms with van der Waals surface area (Å²) in [6.07, 6.45) is 5.66. The van der Waals surface area contributed by atoms with Crippen LogP contribution < -0.4 is 0 Å². The molecule has 1 aliphatic carbocycles. The van der Waals surface area contributed by atoms with E-state index in [9.17, 15) is 9.90 Å². The molecule has 5 heteroatoms. The summed E-state index contributed by atoms with van der Waals surface area (Å²) >= 11 is 0. The maximum atomic E-state index is 12.7. The number of rotatable bonds is 7. The SMILES string of the molecule is Cc1ccccc1CN(CCO)C(=O)CCc1n[nH]c2c1CCCC2. The molecule has 3 rings (SSSR count). The van der Waals surface area contributed by atoms with Crippen LogP contribution in [0.15, 0.2) is 24.3 Å². The van der Waals surface area contributed by atoms with Crippen molar-refractivity contribution >= 4 is 5.91 Å². The van der Waals surface area contributed by atoms with Crippen LogP contribution in [0.3, 0.4) is 0 Å². The van der Waals surface area contributed by atoms with Crippen molar-refractivity contribution in [3.8, 4) is 0 Å². The Bertz CT molecular complexity index is 723. The van der Waals surface area contributed by atoms with Crippen molar-refractivity contribution in [1.82, 2.24) is 15.1 Å². The first-order valence-corrected chi connectivity index (χ1v) is 9.17. The van der Waals surface area contributed by atoms with Crippen molar-refractivity contribution in [1.29, 1.82) is 0 Å². The number of aromatic amines is 1. The molecule has 0 saturated carbocycles. The molecule has 0 aliphatic heterocycles. The van der Waals surface area contributed by atoms with Gasteiger partial charge in [-0.1, -0.05) is 24.3 Å². The first kappa shape index (κ1) is 17.7. The topological polar surface area (TPSA) is 69.2 Å². The summed E-state index contributed by atoms with van der Waals surface area (Å²) in [5.74, 6) is 0.0739. The van der Waals surface area contributed by atoms with Crippen LogP contribution in [0.5, 0.6) is 0 Å². The molecule has 0 unspecified atom stereocenters. The van der Waals surface area contributed by atoms with Gasteiger partial charge in [-0.2, -0.15) is 5.10 Å². The zero-order valence-electron chi connectivity index (χ0n) is 14.9. The highest BCUT2D eigenvalue weighted by Crippen LogP contribution is 2.23. The van der Waals surface area contributed by atoms with Crippen LogP contribution in [0.2, 0.25) is 0 Å². The number of fused-ring (bicyclic) bond motifs is 1. The number of carbonyl (C=O) groups excluding carboxylic acids is 1. The van der Waals surface area contributed by atoms with Crippen LogP contribution in [0, 0.1) is 6.92 Å². The molecule has 1 aliphatic rings. The van der Waals surface area contributed by atoms with Crippen molar-refractivity contribution in [2.45, 2.75) is 52.0 Å². The first-order valence-electron chi connectivity index (χ1n) is 9.17. The number of aromatic nitrogens is 2. The predicted octanol–water partition coefficient (Wildman–Crippen LogP) is 2.55. The fourth-order valence-electron chi connectivity index (χ4n) is 3.55. The average molecular weight is 341 g/mol. The van der Waals surface area contributed by atoms with E-state index in [-0.39, 0.29) is 12.5 Å². The second-order valence-electron chi connectivity index (χ2n) is 6.80. The molecule has 1 heterocycles. The molecular formula is C20H27N3O2. The lowest BCUT2D eigenvalue weighted by molar-refractivity contribution is -0.132. The third kappa shape index (κ3) is 4.28. The van der Waals surface area contributed by atoms with Crippen LogP contribution in [0.25, 0.3) is 0 Å². The maximum Gasteiger partial charge on any atom is 0.223 e. The van der Waals surface area contributed by atoms with Crippen LogP contribution in [-0.4, -0.2) is 39.3 Å². The molecule has 0 saturated heterocycles. The molecule has 5 nitrogen and oxygen atoms in total. The molecule has 25 heavy (non-hydrogen) atoms. The molecule has 0 radical (unpaired) electrons. The largest absolute Gasteiger partial charge is 0.395 e. The number of nitrogens with zero attached hydrogens (tertiary/aromatic N) is 2. The summed E-state index contributed by atoms with van der Waals surface area (Å²) in [4.78, 5) is 14.4. The van der Waals surface area contributed by atoms with Crippen molar-refractivity contribution in [2.75, 3.05) is 13.2 Å². The second kappa shape index (κ2) is 8.30. The molecule has 1 amide bonds. The number of aryl methyl sites for hydroxylation is 3. The molecule has 1 aromatic carbocycles. The highest BCUT2D eigenvalue weighted by Gasteiger charge is 2.19. The fourth-order valence-corrected chi connectivity index (χ4v) is 3.55. The van der Waals surface area contributed by atoms with Crippen LogP contribution in [0.1, 0.15) is 47.3 Å². The number of hydrogen-bond donors (Lipinski definition) is 2. The number of aliphatic hydroxyl groups excluding tert-OH is 1. The van der Waals surface area contributed by atoms with Gasteiger partial charge >= 0.3 is 0 Å². The normalized spacial score (nSPS) is 13.5. The zero-order chi connectivity index (χ0) is 17.6. The summed E-state index contributed by atoms with van der Waals surface area (Å²) < 4.78 is 0. The smallest absolute Gasteiger partial charge is 0.223 e. The molecule has 0 bridgehead atoms. The van der Waals surface area contributed by atoms with E-state index in [1.807, 2.05) is 31.2 Å². The van der Waals surface area contributed by atoms with Crippen LogP contribution in [-0.2, 0) is 30.6 Å². The Balaban J connectivity index is 1.63. The lowest BCUT2D eigenvalue weighted by Gasteiger charge is -2.23. The third-order valence-corrected chi connectivity index (χ3v) is 5.06. The van der Waals surface area contributed by atoms with Gasteiger partial charge < -0.3 is 10.0 Å². The van der Waals surface area contributed by atoms with Crippen molar-refractivity contribution < 1.29 is 9.90 Å². The Kier molecular flexibility index (Phi) is 5.87. The number of benzene rings is 1. The number of amides is 1. The molecule has 2 N–H and O–H groups in total. The zero-order valence-corrected chi connectivity index (χ0v) is 14.9.